The molecular weight excluding hydrogens is 558 g/mol. The highest BCUT2D eigenvalue weighted by molar-refractivity contribution is 6.30. The van der Waals surface area contributed by atoms with E-state index in [0.29, 0.717) is 45.0 Å². The summed E-state index contributed by atoms with van der Waals surface area (Å²) in [5, 5.41) is 26.4. The standard InChI is InChI=1S/C31H28ClN5O5/c1-17-29(20-10-11-23-22(14-20)26(38)16-27(39)34-23)37-30(33-17)25(12-18-6-3-2-4-7-18)36-31(42)35-24(15-28(40)41)19-8-5-9-21(32)13-19/h2-11,13-14,16,24-25H,12,15H2,1H3,(H,33,37)(H,40,41)(H2,34,38,39)(H2,35,36,42)/t24?,25-/m0/s1. The molecule has 10 nitrogen and oxygen atoms in total. The number of imidazole rings is 1. The van der Waals surface area contributed by atoms with Gasteiger partial charge in [0.1, 0.15) is 11.6 Å². The van der Waals surface area contributed by atoms with Crippen LogP contribution in [0.5, 0.6) is 5.75 Å². The van der Waals surface area contributed by atoms with Crippen LogP contribution >= 0.6 is 11.6 Å². The van der Waals surface area contributed by atoms with E-state index in [2.05, 4.69) is 20.6 Å². The lowest BCUT2D eigenvalue weighted by molar-refractivity contribution is -0.137. The number of aromatic hydroxyl groups is 1. The smallest absolute Gasteiger partial charge is 0.315 e. The van der Waals surface area contributed by atoms with Crippen LogP contribution in [0.1, 0.15) is 41.1 Å². The number of urea groups is 1. The van der Waals surface area contributed by atoms with Gasteiger partial charge in [-0.2, -0.15) is 0 Å². The third-order valence-corrected chi connectivity index (χ3v) is 7.09. The first kappa shape index (κ1) is 28.4. The molecule has 0 aliphatic carbocycles. The molecule has 0 bridgehead atoms. The second-order valence-corrected chi connectivity index (χ2v) is 10.4. The monoisotopic (exact) mass is 585 g/mol. The molecular formula is C31H28ClN5O5. The normalized spacial score (nSPS) is 12.5. The summed E-state index contributed by atoms with van der Waals surface area (Å²) in [5.74, 6) is -0.720. The number of hydrogen-bond acceptors (Lipinski definition) is 5. The zero-order valence-corrected chi connectivity index (χ0v) is 23.3. The molecule has 214 valence electrons. The van der Waals surface area contributed by atoms with Crippen LogP contribution in [0.15, 0.2) is 83.7 Å². The fourth-order valence-electron chi connectivity index (χ4n) is 4.89. The number of aliphatic carboxylic acids is 1. The summed E-state index contributed by atoms with van der Waals surface area (Å²) in [4.78, 5) is 47.4. The van der Waals surface area contributed by atoms with Gasteiger partial charge in [0.15, 0.2) is 0 Å². The van der Waals surface area contributed by atoms with Gasteiger partial charge in [-0.1, -0.05) is 60.1 Å². The van der Waals surface area contributed by atoms with Crippen molar-refractivity contribution < 1.29 is 19.8 Å². The van der Waals surface area contributed by atoms with Gasteiger partial charge in [-0.3, -0.25) is 9.59 Å². The van der Waals surface area contributed by atoms with Crippen LogP contribution in [0.2, 0.25) is 5.02 Å². The first-order valence-electron chi connectivity index (χ1n) is 13.2. The summed E-state index contributed by atoms with van der Waals surface area (Å²) in [7, 11) is 0. The summed E-state index contributed by atoms with van der Waals surface area (Å²) in [6, 6.07) is 20.6. The maximum atomic E-state index is 13.3. The zero-order chi connectivity index (χ0) is 29.8. The van der Waals surface area contributed by atoms with E-state index in [1.54, 1.807) is 42.5 Å². The third-order valence-electron chi connectivity index (χ3n) is 6.85. The number of carboxylic acids is 1. The van der Waals surface area contributed by atoms with Crippen molar-refractivity contribution in [1.29, 1.82) is 0 Å². The van der Waals surface area contributed by atoms with E-state index in [9.17, 15) is 24.6 Å². The minimum Gasteiger partial charge on any atom is -0.507 e. The van der Waals surface area contributed by atoms with Crippen molar-refractivity contribution in [2.75, 3.05) is 0 Å². The maximum absolute atomic E-state index is 13.3. The molecule has 2 atom stereocenters. The van der Waals surface area contributed by atoms with Crippen LogP contribution in [0.3, 0.4) is 0 Å². The van der Waals surface area contributed by atoms with Gasteiger partial charge < -0.3 is 30.8 Å². The Balaban J connectivity index is 1.45. The summed E-state index contributed by atoms with van der Waals surface area (Å²) in [5.41, 5.74) is 3.66. The molecule has 5 aromatic rings. The van der Waals surface area contributed by atoms with Crippen LogP contribution in [-0.2, 0) is 11.2 Å². The highest BCUT2D eigenvalue weighted by atomic mass is 35.5. The van der Waals surface area contributed by atoms with E-state index >= 15 is 0 Å². The van der Waals surface area contributed by atoms with Gasteiger partial charge in [0.25, 0.3) is 5.56 Å². The Bertz CT molecular complexity index is 1820. The van der Waals surface area contributed by atoms with Gasteiger partial charge in [-0.25, -0.2) is 9.78 Å². The quantitative estimate of drug-likeness (QED) is 0.136. The number of carbonyl (C=O) groups is 2. The van der Waals surface area contributed by atoms with E-state index in [1.165, 1.54) is 0 Å². The molecule has 0 aliphatic rings. The topological polar surface area (TPSA) is 160 Å². The fourth-order valence-corrected chi connectivity index (χ4v) is 5.09. The van der Waals surface area contributed by atoms with E-state index in [1.807, 2.05) is 37.3 Å². The molecule has 0 saturated heterocycles. The lowest BCUT2D eigenvalue weighted by atomic mass is 10.0. The summed E-state index contributed by atoms with van der Waals surface area (Å²) in [6.45, 7) is 1.85. The first-order valence-corrected chi connectivity index (χ1v) is 13.5. The number of aromatic nitrogens is 3. The van der Waals surface area contributed by atoms with Gasteiger partial charge in [0.05, 0.1) is 29.7 Å². The Hall–Kier alpha value is -5.09. The number of carbonyl (C=O) groups excluding carboxylic acids is 1. The molecule has 6 N–H and O–H groups in total. The van der Waals surface area contributed by atoms with Gasteiger partial charge in [-0.05, 0) is 48.7 Å². The SMILES string of the molecule is Cc1[nH]c([C@H](Cc2ccccc2)NC(=O)NC(CC(=O)O)c2cccc(Cl)c2)nc1-c1ccc2[nH]c(=O)cc(O)c2c1. The average molecular weight is 586 g/mol. The molecule has 42 heavy (non-hydrogen) atoms. The number of amides is 2. The number of halogens is 1. The number of carboxylic acid groups (broad SMARTS) is 1. The molecule has 0 spiro atoms. The highest BCUT2D eigenvalue weighted by Gasteiger charge is 2.24. The number of nitrogens with zero attached hydrogens (tertiary/aromatic N) is 1. The van der Waals surface area contributed by atoms with Gasteiger partial charge in [0, 0.05) is 27.7 Å². The van der Waals surface area contributed by atoms with Crippen molar-refractivity contribution in [1.82, 2.24) is 25.6 Å². The number of benzene rings is 3. The van der Waals surface area contributed by atoms with E-state index in [-0.39, 0.29) is 12.2 Å². The Morgan fingerprint density at radius 1 is 0.952 bits per heavy atom. The number of rotatable bonds is 9. The lowest BCUT2D eigenvalue weighted by Gasteiger charge is -2.22. The van der Waals surface area contributed by atoms with Crippen molar-refractivity contribution in [3.63, 3.8) is 0 Å². The predicted octanol–water partition coefficient (Wildman–Crippen LogP) is 5.38. The number of aromatic amines is 2. The first-order chi connectivity index (χ1) is 20.2. The Morgan fingerprint density at radius 3 is 2.45 bits per heavy atom. The average Bonchev–Trinajstić information content (AvgIpc) is 3.34. The van der Waals surface area contributed by atoms with Crippen molar-refractivity contribution in [3.8, 4) is 17.0 Å². The van der Waals surface area contributed by atoms with Crippen LogP contribution in [-0.4, -0.2) is 37.2 Å². The number of H-pyrrole nitrogens is 2. The van der Waals surface area contributed by atoms with Crippen molar-refractivity contribution in [2.24, 2.45) is 0 Å². The predicted molar refractivity (Wildman–Crippen MR) is 160 cm³/mol. The largest absolute Gasteiger partial charge is 0.507 e. The number of nitrogens with one attached hydrogen (secondary N) is 4. The molecule has 11 heteroatoms. The Morgan fingerprint density at radius 2 is 1.71 bits per heavy atom. The maximum Gasteiger partial charge on any atom is 0.315 e. The van der Waals surface area contributed by atoms with Gasteiger partial charge >= 0.3 is 12.0 Å². The minimum atomic E-state index is -1.07. The molecule has 2 aromatic heterocycles. The molecule has 2 amide bonds. The fraction of sp³-hybridized carbons (Fsp3) is 0.161. The lowest BCUT2D eigenvalue weighted by Crippen LogP contribution is -2.41. The second kappa shape index (κ2) is 12.2. The minimum absolute atomic E-state index is 0.139. The second-order valence-electron chi connectivity index (χ2n) is 9.94. The molecule has 2 heterocycles. The summed E-state index contributed by atoms with van der Waals surface area (Å²) < 4.78 is 0. The van der Waals surface area contributed by atoms with Crippen LogP contribution in [0.25, 0.3) is 22.2 Å². The van der Waals surface area contributed by atoms with Crippen molar-refractivity contribution in [2.45, 2.75) is 31.8 Å². The van der Waals surface area contributed by atoms with Crippen LogP contribution in [0.4, 0.5) is 4.79 Å². The number of hydrogen-bond donors (Lipinski definition) is 6. The van der Waals surface area contributed by atoms with E-state index in [4.69, 9.17) is 16.6 Å². The Labute approximate surface area is 245 Å². The summed E-state index contributed by atoms with van der Waals surface area (Å²) >= 11 is 6.11. The van der Waals surface area contributed by atoms with Crippen LogP contribution in [0, 0.1) is 6.92 Å². The number of fused-ring (bicyclic) bond motifs is 1. The molecule has 0 aliphatic heterocycles. The van der Waals surface area contributed by atoms with Crippen molar-refractivity contribution >= 4 is 34.5 Å². The molecule has 5 rings (SSSR count). The molecule has 3 aromatic carbocycles. The van der Waals surface area contributed by atoms with Crippen LogP contribution < -0.4 is 16.2 Å². The molecule has 1 unspecified atom stereocenters. The summed E-state index contributed by atoms with van der Waals surface area (Å²) in [6.07, 6.45) is 0.0718. The molecule has 0 radical (unpaired) electrons. The number of pyridine rings is 1. The van der Waals surface area contributed by atoms with Gasteiger partial charge in [-0.15, -0.1) is 0 Å². The number of aryl methyl sites for hydroxylation is 1. The third kappa shape index (κ3) is 6.61. The van der Waals surface area contributed by atoms with E-state index < -0.39 is 29.6 Å². The van der Waals surface area contributed by atoms with Crippen molar-refractivity contribution in [3.05, 3.63) is 117 Å². The van der Waals surface area contributed by atoms with Gasteiger partial charge in [0.2, 0.25) is 0 Å². The molecule has 0 saturated carbocycles. The zero-order valence-electron chi connectivity index (χ0n) is 22.5. The highest BCUT2D eigenvalue weighted by Crippen LogP contribution is 2.30. The Kier molecular flexibility index (Phi) is 8.26. The molecule has 0 fully saturated rings. The van der Waals surface area contributed by atoms with E-state index in [0.717, 1.165) is 17.3 Å².